The van der Waals surface area contributed by atoms with Gasteiger partial charge in [0.25, 0.3) is 5.91 Å². The first-order valence-corrected chi connectivity index (χ1v) is 8.49. The molecule has 0 aromatic heterocycles. The SMILES string of the molecule is O=C(O)Cc1ccc(NC(=O)c2ccccc2COc2ccccc2)cc1. The monoisotopic (exact) mass is 361 g/mol. The van der Waals surface area contributed by atoms with E-state index in [9.17, 15) is 9.59 Å². The predicted molar refractivity (Wildman–Crippen MR) is 103 cm³/mol. The summed E-state index contributed by atoms with van der Waals surface area (Å²) in [4.78, 5) is 23.4. The molecule has 0 aliphatic rings. The molecule has 0 radical (unpaired) electrons. The molecule has 0 fully saturated rings. The number of carbonyl (C=O) groups is 2. The van der Waals surface area contributed by atoms with Crippen molar-refractivity contribution in [3.05, 3.63) is 95.6 Å². The van der Waals surface area contributed by atoms with Crippen molar-refractivity contribution in [1.82, 2.24) is 0 Å². The first-order chi connectivity index (χ1) is 13.1. The Morgan fingerprint density at radius 3 is 2.22 bits per heavy atom. The Kier molecular flexibility index (Phi) is 5.84. The van der Waals surface area contributed by atoms with Crippen molar-refractivity contribution in [2.45, 2.75) is 13.0 Å². The van der Waals surface area contributed by atoms with Gasteiger partial charge >= 0.3 is 5.97 Å². The van der Waals surface area contributed by atoms with Crippen LogP contribution in [0.3, 0.4) is 0 Å². The molecule has 0 heterocycles. The molecule has 0 aliphatic carbocycles. The minimum Gasteiger partial charge on any atom is -0.489 e. The Morgan fingerprint density at radius 1 is 0.852 bits per heavy atom. The van der Waals surface area contributed by atoms with Gasteiger partial charge < -0.3 is 15.2 Å². The average molecular weight is 361 g/mol. The Bertz CT molecular complexity index is 921. The fraction of sp³-hybridized carbons (Fsp3) is 0.0909. The lowest BCUT2D eigenvalue weighted by molar-refractivity contribution is -0.136. The molecule has 0 spiro atoms. The highest BCUT2D eigenvalue weighted by atomic mass is 16.5. The van der Waals surface area contributed by atoms with Gasteiger partial charge in [-0.15, -0.1) is 0 Å². The van der Waals surface area contributed by atoms with Crippen LogP contribution in [0.15, 0.2) is 78.9 Å². The number of carboxylic acids is 1. The van der Waals surface area contributed by atoms with Crippen molar-refractivity contribution in [2.24, 2.45) is 0 Å². The third-order valence-electron chi connectivity index (χ3n) is 3.97. The quantitative estimate of drug-likeness (QED) is 0.663. The molecule has 2 N–H and O–H groups in total. The van der Waals surface area contributed by atoms with E-state index in [1.807, 2.05) is 42.5 Å². The van der Waals surface area contributed by atoms with Gasteiger partial charge in [-0.2, -0.15) is 0 Å². The Balaban J connectivity index is 1.68. The number of hydrogen-bond donors (Lipinski definition) is 2. The van der Waals surface area contributed by atoms with E-state index in [1.165, 1.54) is 0 Å². The molecule has 0 bridgehead atoms. The van der Waals surface area contributed by atoms with Gasteiger partial charge in [0.15, 0.2) is 0 Å². The Labute approximate surface area is 157 Å². The maximum atomic E-state index is 12.6. The van der Waals surface area contributed by atoms with Crippen molar-refractivity contribution in [3.63, 3.8) is 0 Å². The number of carboxylic acid groups (broad SMARTS) is 1. The van der Waals surface area contributed by atoms with Gasteiger partial charge in [0.1, 0.15) is 12.4 Å². The zero-order valence-corrected chi connectivity index (χ0v) is 14.6. The molecular formula is C22H19NO4. The highest BCUT2D eigenvalue weighted by Crippen LogP contribution is 2.17. The molecule has 0 aliphatic heterocycles. The number of ether oxygens (including phenoxy) is 1. The number of rotatable bonds is 7. The summed E-state index contributed by atoms with van der Waals surface area (Å²) in [6.07, 6.45) is -0.0477. The van der Waals surface area contributed by atoms with Gasteiger partial charge in [-0.25, -0.2) is 0 Å². The second-order valence-electron chi connectivity index (χ2n) is 5.98. The van der Waals surface area contributed by atoms with Gasteiger partial charge in [0, 0.05) is 16.8 Å². The van der Waals surface area contributed by atoms with Crippen molar-refractivity contribution in [2.75, 3.05) is 5.32 Å². The zero-order valence-electron chi connectivity index (χ0n) is 14.6. The second-order valence-corrected chi connectivity index (χ2v) is 5.98. The summed E-state index contributed by atoms with van der Waals surface area (Å²) in [6, 6.07) is 23.5. The van der Waals surface area contributed by atoms with E-state index < -0.39 is 5.97 Å². The van der Waals surface area contributed by atoms with Crippen molar-refractivity contribution in [3.8, 4) is 5.75 Å². The van der Waals surface area contributed by atoms with Crippen LogP contribution >= 0.6 is 0 Å². The van der Waals surface area contributed by atoms with Crippen LogP contribution in [0.2, 0.25) is 0 Å². The minimum absolute atomic E-state index is 0.0477. The number of anilines is 1. The molecule has 136 valence electrons. The Hall–Kier alpha value is -3.60. The number of amides is 1. The first-order valence-electron chi connectivity index (χ1n) is 8.49. The molecule has 5 nitrogen and oxygen atoms in total. The van der Waals surface area contributed by atoms with Crippen LogP contribution in [0.25, 0.3) is 0 Å². The lowest BCUT2D eigenvalue weighted by atomic mass is 10.1. The van der Waals surface area contributed by atoms with Crippen LogP contribution in [-0.2, 0) is 17.8 Å². The number of hydrogen-bond acceptors (Lipinski definition) is 3. The number of aliphatic carboxylic acids is 1. The van der Waals surface area contributed by atoms with E-state index in [-0.39, 0.29) is 18.9 Å². The largest absolute Gasteiger partial charge is 0.489 e. The van der Waals surface area contributed by atoms with E-state index in [2.05, 4.69) is 5.32 Å². The van der Waals surface area contributed by atoms with Gasteiger partial charge in [-0.3, -0.25) is 9.59 Å². The van der Waals surface area contributed by atoms with E-state index in [4.69, 9.17) is 9.84 Å². The van der Waals surface area contributed by atoms with E-state index in [0.29, 0.717) is 16.8 Å². The summed E-state index contributed by atoms with van der Waals surface area (Å²) in [5.41, 5.74) is 2.59. The lowest BCUT2D eigenvalue weighted by Crippen LogP contribution is -2.15. The molecule has 3 rings (SSSR count). The van der Waals surface area contributed by atoms with Crippen molar-refractivity contribution >= 4 is 17.6 Å². The number of para-hydroxylation sites is 1. The van der Waals surface area contributed by atoms with Gasteiger partial charge in [-0.05, 0) is 35.9 Å². The standard InChI is InChI=1S/C22H19NO4/c24-21(25)14-16-10-12-18(13-11-16)23-22(26)20-9-5-4-6-17(20)15-27-19-7-2-1-3-8-19/h1-13H,14-15H2,(H,23,26)(H,24,25). The molecule has 27 heavy (non-hydrogen) atoms. The van der Waals surface area contributed by atoms with Crippen LogP contribution in [0, 0.1) is 0 Å². The van der Waals surface area contributed by atoms with Crippen LogP contribution in [-0.4, -0.2) is 17.0 Å². The van der Waals surface area contributed by atoms with Crippen LogP contribution in [0.5, 0.6) is 5.75 Å². The number of benzene rings is 3. The normalized spacial score (nSPS) is 10.2. The molecule has 0 unspecified atom stereocenters. The lowest BCUT2D eigenvalue weighted by Gasteiger charge is -2.12. The zero-order chi connectivity index (χ0) is 19.1. The summed E-state index contributed by atoms with van der Waals surface area (Å²) in [7, 11) is 0. The topological polar surface area (TPSA) is 75.6 Å². The maximum Gasteiger partial charge on any atom is 0.307 e. The average Bonchev–Trinajstić information content (AvgIpc) is 2.68. The molecule has 0 saturated heterocycles. The van der Waals surface area contributed by atoms with Gasteiger partial charge in [0.05, 0.1) is 6.42 Å². The maximum absolute atomic E-state index is 12.6. The number of carbonyl (C=O) groups excluding carboxylic acids is 1. The van der Waals surface area contributed by atoms with E-state index in [1.54, 1.807) is 36.4 Å². The van der Waals surface area contributed by atoms with Crippen LogP contribution in [0.4, 0.5) is 5.69 Å². The Morgan fingerprint density at radius 2 is 1.52 bits per heavy atom. The smallest absolute Gasteiger partial charge is 0.307 e. The van der Waals surface area contributed by atoms with Crippen LogP contribution in [0.1, 0.15) is 21.5 Å². The first kappa shape index (κ1) is 18.2. The molecule has 3 aromatic rings. The fourth-order valence-corrected chi connectivity index (χ4v) is 2.62. The fourth-order valence-electron chi connectivity index (χ4n) is 2.62. The summed E-state index contributed by atoms with van der Waals surface area (Å²) >= 11 is 0. The molecule has 0 saturated carbocycles. The summed E-state index contributed by atoms with van der Waals surface area (Å²) in [6.45, 7) is 0.283. The highest BCUT2D eigenvalue weighted by molar-refractivity contribution is 6.05. The number of nitrogens with one attached hydrogen (secondary N) is 1. The van der Waals surface area contributed by atoms with Gasteiger partial charge in [-0.1, -0.05) is 48.5 Å². The second kappa shape index (κ2) is 8.67. The van der Waals surface area contributed by atoms with Crippen molar-refractivity contribution < 1.29 is 19.4 Å². The van der Waals surface area contributed by atoms with Crippen LogP contribution < -0.4 is 10.1 Å². The molecule has 3 aromatic carbocycles. The summed E-state index contributed by atoms with van der Waals surface area (Å²) in [5, 5.41) is 11.6. The minimum atomic E-state index is -0.890. The molecule has 0 atom stereocenters. The third-order valence-corrected chi connectivity index (χ3v) is 3.97. The predicted octanol–water partition coefficient (Wildman–Crippen LogP) is 4.15. The molecule has 5 heteroatoms. The third kappa shape index (κ3) is 5.19. The van der Waals surface area contributed by atoms with E-state index >= 15 is 0 Å². The van der Waals surface area contributed by atoms with E-state index in [0.717, 1.165) is 11.3 Å². The van der Waals surface area contributed by atoms with Gasteiger partial charge in [0.2, 0.25) is 0 Å². The van der Waals surface area contributed by atoms with Crippen molar-refractivity contribution in [1.29, 1.82) is 0 Å². The summed E-state index contributed by atoms with van der Waals surface area (Å²) in [5.74, 6) is -0.394. The summed E-state index contributed by atoms with van der Waals surface area (Å²) < 4.78 is 5.75. The molecular weight excluding hydrogens is 342 g/mol. The molecule has 1 amide bonds. The highest BCUT2D eigenvalue weighted by Gasteiger charge is 2.12.